The predicted octanol–water partition coefficient (Wildman–Crippen LogP) is 3.57. The lowest BCUT2D eigenvalue weighted by Gasteiger charge is -2.06. The summed E-state index contributed by atoms with van der Waals surface area (Å²) < 4.78 is 1.04. The second kappa shape index (κ2) is 8.09. The van der Waals surface area contributed by atoms with Crippen LogP contribution in [0.25, 0.3) is 0 Å². The van der Waals surface area contributed by atoms with Gasteiger partial charge >= 0.3 is 0 Å². The first-order chi connectivity index (χ1) is 7.68. The van der Waals surface area contributed by atoms with Crippen LogP contribution in [-0.2, 0) is 0 Å². The minimum atomic E-state index is 0.737. The van der Waals surface area contributed by atoms with Crippen LogP contribution in [0.15, 0.2) is 27.8 Å². The van der Waals surface area contributed by atoms with Crippen molar-refractivity contribution in [1.82, 2.24) is 10.3 Å². The zero-order chi connectivity index (χ0) is 11.8. The van der Waals surface area contributed by atoms with Gasteiger partial charge in [-0.05, 0) is 53.5 Å². The molecular weight excluding hydrogens is 284 g/mol. The van der Waals surface area contributed by atoms with Crippen molar-refractivity contribution >= 4 is 27.7 Å². The molecule has 0 aliphatic rings. The molecule has 1 N–H and O–H groups in total. The monoisotopic (exact) mass is 302 g/mol. The third kappa shape index (κ3) is 6.51. The number of rotatable bonds is 7. The third-order valence-electron chi connectivity index (χ3n) is 2.00. The highest BCUT2D eigenvalue weighted by molar-refractivity contribution is 9.10. The number of halogens is 1. The van der Waals surface area contributed by atoms with E-state index in [2.05, 4.69) is 46.1 Å². The summed E-state index contributed by atoms with van der Waals surface area (Å²) in [4.78, 5) is 4.32. The summed E-state index contributed by atoms with van der Waals surface area (Å²) in [6, 6.07) is 4.09. The molecule has 1 aromatic rings. The molecule has 16 heavy (non-hydrogen) atoms. The molecule has 2 nitrogen and oxygen atoms in total. The van der Waals surface area contributed by atoms with Crippen molar-refractivity contribution in [2.45, 2.75) is 25.3 Å². The van der Waals surface area contributed by atoms with Gasteiger partial charge in [0.2, 0.25) is 0 Å². The molecule has 0 unspecified atom stereocenters. The molecule has 0 atom stereocenters. The second-order valence-electron chi connectivity index (χ2n) is 4.11. The van der Waals surface area contributed by atoms with Crippen LogP contribution in [0.4, 0.5) is 0 Å². The van der Waals surface area contributed by atoms with Crippen molar-refractivity contribution < 1.29 is 0 Å². The molecule has 0 saturated carbocycles. The molecule has 0 fully saturated rings. The van der Waals surface area contributed by atoms with Crippen LogP contribution in [0.5, 0.6) is 0 Å². The van der Waals surface area contributed by atoms with Crippen LogP contribution in [-0.4, -0.2) is 23.8 Å². The fourth-order valence-electron chi connectivity index (χ4n) is 1.21. The lowest BCUT2D eigenvalue weighted by atomic mass is 10.2. The van der Waals surface area contributed by atoms with Crippen molar-refractivity contribution in [3.8, 4) is 0 Å². The number of pyridine rings is 1. The first kappa shape index (κ1) is 14.0. The average Bonchev–Trinajstić information content (AvgIpc) is 2.25. The molecule has 0 radical (unpaired) electrons. The number of nitrogens with zero attached hydrogens (tertiary/aromatic N) is 1. The second-order valence-corrected chi connectivity index (χ2v) is 6.15. The normalized spacial score (nSPS) is 11.0. The van der Waals surface area contributed by atoms with Gasteiger partial charge in [0.1, 0.15) is 0 Å². The van der Waals surface area contributed by atoms with Gasteiger partial charge in [-0.3, -0.25) is 0 Å². The summed E-state index contributed by atoms with van der Waals surface area (Å²) >= 11 is 5.20. The zero-order valence-corrected chi connectivity index (χ0v) is 12.3. The van der Waals surface area contributed by atoms with E-state index in [1.165, 1.54) is 6.42 Å². The first-order valence-electron chi connectivity index (χ1n) is 5.63. The van der Waals surface area contributed by atoms with E-state index in [0.29, 0.717) is 0 Å². The number of hydrogen-bond acceptors (Lipinski definition) is 3. The van der Waals surface area contributed by atoms with E-state index in [1.807, 2.05) is 24.0 Å². The Morgan fingerprint density at radius 1 is 1.44 bits per heavy atom. The summed E-state index contributed by atoms with van der Waals surface area (Å²) in [5.74, 6) is 1.86. The maximum Gasteiger partial charge on any atom is 0.0960 e. The SMILES string of the molecule is CC(C)CNCCCSc1ccc(Br)cn1. The van der Waals surface area contributed by atoms with Crippen LogP contribution in [0.3, 0.4) is 0 Å². The molecule has 90 valence electrons. The Balaban J connectivity index is 2.05. The number of thioether (sulfide) groups is 1. The summed E-state index contributed by atoms with van der Waals surface area (Å²) in [5, 5.41) is 4.54. The van der Waals surface area contributed by atoms with Crippen LogP contribution in [0.2, 0.25) is 0 Å². The van der Waals surface area contributed by atoms with Crippen LogP contribution < -0.4 is 5.32 Å². The maximum absolute atomic E-state index is 4.32. The molecule has 1 rings (SSSR count). The molecule has 0 spiro atoms. The van der Waals surface area contributed by atoms with Crippen LogP contribution in [0.1, 0.15) is 20.3 Å². The van der Waals surface area contributed by atoms with Crippen LogP contribution >= 0.6 is 27.7 Å². The van der Waals surface area contributed by atoms with E-state index in [-0.39, 0.29) is 0 Å². The van der Waals surface area contributed by atoms with E-state index >= 15 is 0 Å². The first-order valence-corrected chi connectivity index (χ1v) is 7.41. The van der Waals surface area contributed by atoms with Gasteiger partial charge in [-0.1, -0.05) is 13.8 Å². The quantitative estimate of drug-likeness (QED) is 0.616. The van der Waals surface area contributed by atoms with Gasteiger partial charge in [0.15, 0.2) is 0 Å². The van der Waals surface area contributed by atoms with Crippen molar-refractivity contribution in [1.29, 1.82) is 0 Å². The fourth-order valence-corrected chi connectivity index (χ4v) is 2.24. The van der Waals surface area contributed by atoms with Gasteiger partial charge < -0.3 is 5.32 Å². The molecule has 0 aliphatic carbocycles. The van der Waals surface area contributed by atoms with Crippen molar-refractivity contribution in [3.63, 3.8) is 0 Å². The Hall–Kier alpha value is -0.0600. The topological polar surface area (TPSA) is 24.9 Å². The van der Waals surface area contributed by atoms with Gasteiger partial charge in [0.25, 0.3) is 0 Å². The number of aromatic nitrogens is 1. The summed E-state index contributed by atoms with van der Waals surface area (Å²) in [7, 11) is 0. The molecule has 0 amide bonds. The highest BCUT2D eigenvalue weighted by Crippen LogP contribution is 2.17. The number of hydrogen-bond donors (Lipinski definition) is 1. The maximum atomic E-state index is 4.32. The number of nitrogens with one attached hydrogen (secondary N) is 1. The van der Waals surface area contributed by atoms with Crippen molar-refractivity contribution in [2.24, 2.45) is 5.92 Å². The fraction of sp³-hybridized carbons (Fsp3) is 0.583. The van der Waals surface area contributed by atoms with Gasteiger partial charge in [-0.15, -0.1) is 11.8 Å². The molecule has 0 aliphatic heterocycles. The molecule has 0 aromatic carbocycles. The highest BCUT2D eigenvalue weighted by Gasteiger charge is 1.96. The smallest absolute Gasteiger partial charge is 0.0960 e. The Morgan fingerprint density at radius 2 is 2.25 bits per heavy atom. The van der Waals surface area contributed by atoms with E-state index < -0.39 is 0 Å². The third-order valence-corrected chi connectivity index (χ3v) is 3.50. The Kier molecular flexibility index (Phi) is 7.08. The van der Waals surface area contributed by atoms with E-state index in [9.17, 15) is 0 Å². The molecule has 1 heterocycles. The lowest BCUT2D eigenvalue weighted by molar-refractivity contribution is 0.551. The Morgan fingerprint density at radius 3 is 2.88 bits per heavy atom. The van der Waals surface area contributed by atoms with Gasteiger partial charge in [-0.2, -0.15) is 0 Å². The van der Waals surface area contributed by atoms with Gasteiger partial charge in [0.05, 0.1) is 5.03 Å². The predicted molar refractivity (Wildman–Crippen MR) is 75.0 cm³/mol. The Labute approximate surface area is 111 Å². The minimum absolute atomic E-state index is 0.737. The largest absolute Gasteiger partial charge is 0.316 e. The minimum Gasteiger partial charge on any atom is -0.316 e. The van der Waals surface area contributed by atoms with E-state index in [1.54, 1.807) is 0 Å². The summed E-state index contributed by atoms with van der Waals surface area (Å²) in [6.07, 6.45) is 3.04. The van der Waals surface area contributed by atoms with Gasteiger partial charge in [0, 0.05) is 16.4 Å². The lowest BCUT2D eigenvalue weighted by Crippen LogP contribution is -2.21. The molecule has 1 aromatic heterocycles. The van der Waals surface area contributed by atoms with E-state index in [4.69, 9.17) is 0 Å². The molecular formula is C12H19BrN2S. The van der Waals surface area contributed by atoms with Gasteiger partial charge in [-0.25, -0.2) is 4.98 Å². The van der Waals surface area contributed by atoms with E-state index in [0.717, 1.165) is 34.3 Å². The molecule has 0 saturated heterocycles. The Bertz CT molecular complexity index is 288. The van der Waals surface area contributed by atoms with Crippen molar-refractivity contribution in [2.75, 3.05) is 18.8 Å². The average molecular weight is 303 g/mol. The molecule has 4 heteroatoms. The summed E-state index contributed by atoms with van der Waals surface area (Å²) in [6.45, 7) is 6.67. The molecule has 0 bridgehead atoms. The van der Waals surface area contributed by atoms with Crippen molar-refractivity contribution in [3.05, 3.63) is 22.8 Å². The standard InChI is InChI=1S/C12H19BrN2S/c1-10(2)8-14-6-3-7-16-12-5-4-11(13)9-15-12/h4-5,9-10,14H,3,6-8H2,1-2H3. The zero-order valence-electron chi connectivity index (χ0n) is 9.87. The van der Waals surface area contributed by atoms with Crippen LogP contribution in [0, 0.1) is 5.92 Å². The highest BCUT2D eigenvalue weighted by atomic mass is 79.9. The summed E-state index contributed by atoms with van der Waals surface area (Å²) in [5.41, 5.74) is 0.